The number of hydrogen-bond acceptors (Lipinski definition) is 6. The van der Waals surface area contributed by atoms with Gasteiger partial charge < -0.3 is 19.3 Å². The minimum atomic E-state index is -1.35. The van der Waals surface area contributed by atoms with Gasteiger partial charge in [-0.2, -0.15) is 0 Å². The maximum absolute atomic E-state index is 13.0. The molecule has 0 saturated carbocycles. The minimum Gasteiger partial charge on any atom is -0.489 e. The average Bonchev–Trinajstić information content (AvgIpc) is 3.18. The van der Waals surface area contributed by atoms with Gasteiger partial charge in [-0.05, 0) is 29.7 Å². The lowest BCUT2D eigenvalue weighted by atomic mass is 9.64. The molecular formula is C25H23B2N3O6. The fraction of sp³-hybridized carbons (Fsp3) is 0.360. The SMILES string of the molecule is [B]C1([B])CN(Cc2ccc(COc3cccc4c3CN(C3CCC(=O)NC3=O)C4=O)cc2)C(=O)CO1. The molecule has 11 heteroatoms. The molecule has 1 unspecified atom stereocenters. The van der Waals surface area contributed by atoms with Crippen LogP contribution in [0.25, 0.3) is 0 Å². The van der Waals surface area contributed by atoms with Crippen molar-refractivity contribution in [3.8, 4) is 5.75 Å². The second-order valence-electron chi connectivity index (χ2n) is 9.28. The lowest BCUT2D eigenvalue weighted by Gasteiger charge is -2.39. The predicted molar refractivity (Wildman–Crippen MR) is 129 cm³/mol. The van der Waals surface area contributed by atoms with Crippen molar-refractivity contribution in [1.82, 2.24) is 15.1 Å². The molecule has 3 heterocycles. The standard InChI is InChI=1S/C25H23B2N3O6/c26-25(27)14-29(22(32)13-36-25)10-15-4-6-16(7-5-15)12-35-20-3-1-2-17-18(20)11-30(24(17)34)19-8-9-21(31)28-23(19)33/h1-7,19H,8-14H2,(H,28,31,33). The van der Waals surface area contributed by atoms with Crippen LogP contribution in [-0.4, -0.2) is 73.7 Å². The highest BCUT2D eigenvalue weighted by Gasteiger charge is 2.40. The van der Waals surface area contributed by atoms with Crippen LogP contribution in [0.3, 0.4) is 0 Å². The van der Waals surface area contributed by atoms with Gasteiger partial charge in [-0.25, -0.2) is 0 Å². The Bertz CT molecular complexity index is 1230. The molecule has 3 aliphatic rings. The molecule has 0 bridgehead atoms. The third-order valence-electron chi connectivity index (χ3n) is 6.58. The molecule has 5 rings (SSSR count). The van der Waals surface area contributed by atoms with E-state index in [-0.39, 0.29) is 50.4 Å². The number of hydrogen-bond donors (Lipinski definition) is 1. The van der Waals surface area contributed by atoms with Crippen LogP contribution in [0.15, 0.2) is 42.5 Å². The molecule has 9 nitrogen and oxygen atoms in total. The van der Waals surface area contributed by atoms with Gasteiger partial charge in [0, 0.05) is 36.0 Å². The highest BCUT2D eigenvalue weighted by atomic mass is 16.5. The van der Waals surface area contributed by atoms with E-state index in [0.29, 0.717) is 24.3 Å². The number of ether oxygens (including phenoxy) is 2. The predicted octanol–water partition coefficient (Wildman–Crippen LogP) is 0.376. The van der Waals surface area contributed by atoms with Crippen molar-refractivity contribution in [2.75, 3.05) is 13.2 Å². The average molecular weight is 483 g/mol. The molecule has 180 valence electrons. The van der Waals surface area contributed by atoms with Crippen LogP contribution in [0.1, 0.15) is 39.9 Å². The Hall–Kier alpha value is -3.59. The number of piperidine rings is 1. The quantitative estimate of drug-likeness (QED) is 0.471. The number of morpholine rings is 1. The number of nitrogens with one attached hydrogen (secondary N) is 1. The molecule has 0 aromatic heterocycles. The van der Waals surface area contributed by atoms with Gasteiger partial charge in [0.25, 0.3) is 5.91 Å². The number of benzene rings is 2. The summed E-state index contributed by atoms with van der Waals surface area (Å²) in [6, 6.07) is 12.2. The van der Waals surface area contributed by atoms with Gasteiger partial charge in [-0.15, -0.1) is 0 Å². The van der Waals surface area contributed by atoms with Crippen LogP contribution in [0.4, 0.5) is 0 Å². The Balaban J connectivity index is 1.22. The maximum Gasteiger partial charge on any atom is 0.255 e. The summed E-state index contributed by atoms with van der Waals surface area (Å²) in [4.78, 5) is 51.9. The third kappa shape index (κ3) is 4.88. The van der Waals surface area contributed by atoms with Crippen molar-refractivity contribution in [3.05, 3.63) is 64.7 Å². The van der Waals surface area contributed by atoms with E-state index in [4.69, 9.17) is 25.2 Å². The zero-order valence-corrected chi connectivity index (χ0v) is 19.6. The van der Waals surface area contributed by atoms with Crippen molar-refractivity contribution in [2.45, 2.75) is 44.0 Å². The van der Waals surface area contributed by atoms with Gasteiger partial charge in [0.1, 0.15) is 40.7 Å². The van der Waals surface area contributed by atoms with Crippen molar-refractivity contribution in [1.29, 1.82) is 0 Å². The summed E-state index contributed by atoms with van der Waals surface area (Å²) in [5, 5.41) is 0.954. The first kappa shape index (κ1) is 24.1. The number of imide groups is 1. The van der Waals surface area contributed by atoms with Crippen molar-refractivity contribution in [3.63, 3.8) is 0 Å². The van der Waals surface area contributed by atoms with Gasteiger partial charge in [-0.1, -0.05) is 30.3 Å². The van der Waals surface area contributed by atoms with E-state index < -0.39 is 17.3 Å². The molecule has 2 fully saturated rings. The number of rotatable bonds is 6. The van der Waals surface area contributed by atoms with E-state index in [0.717, 1.165) is 16.7 Å². The topological polar surface area (TPSA) is 105 Å². The Kier molecular flexibility index (Phi) is 6.34. The summed E-state index contributed by atoms with van der Waals surface area (Å²) in [6.45, 7) is 0.833. The number of amides is 4. The minimum absolute atomic E-state index is 0.102. The van der Waals surface area contributed by atoms with Gasteiger partial charge in [0.05, 0.1) is 6.54 Å². The second-order valence-corrected chi connectivity index (χ2v) is 9.28. The molecule has 0 aliphatic carbocycles. The Labute approximate surface area is 210 Å². The molecule has 0 spiro atoms. The Morgan fingerprint density at radius 3 is 2.56 bits per heavy atom. The van der Waals surface area contributed by atoms with Crippen LogP contribution in [0, 0.1) is 0 Å². The molecule has 1 N–H and O–H groups in total. The zero-order valence-electron chi connectivity index (χ0n) is 19.6. The molecule has 2 aromatic carbocycles. The van der Waals surface area contributed by atoms with Crippen molar-refractivity contribution in [2.24, 2.45) is 0 Å². The summed E-state index contributed by atoms with van der Waals surface area (Å²) in [6.07, 6.45) is 0.509. The number of carbonyl (C=O) groups is 4. The van der Waals surface area contributed by atoms with E-state index in [1.165, 1.54) is 4.90 Å². The van der Waals surface area contributed by atoms with Crippen molar-refractivity contribution >= 4 is 39.3 Å². The smallest absolute Gasteiger partial charge is 0.255 e. The van der Waals surface area contributed by atoms with Gasteiger partial charge >= 0.3 is 0 Å². The van der Waals surface area contributed by atoms with Crippen LogP contribution in [0.2, 0.25) is 0 Å². The summed E-state index contributed by atoms with van der Waals surface area (Å²) in [7, 11) is 11.6. The normalized spacial score (nSPS) is 21.4. The van der Waals surface area contributed by atoms with Crippen LogP contribution in [0.5, 0.6) is 5.75 Å². The van der Waals surface area contributed by atoms with E-state index in [9.17, 15) is 19.2 Å². The van der Waals surface area contributed by atoms with Gasteiger partial charge in [-0.3, -0.25) is 24.5 Å². The third-order valence-corrected chi connectivity index (χ3v) is 6.58. The van der Waals surface area contributed by atoms with E-state index >= 15 is 0 Å². The molecule has 2 aromatic rings. The first-order valence-corrected chi connectivity index (χ1v) is 11.7. The van der Waals surface area contributed by atoms with E-state index in [2.05, 4.69) is 5.32 Å². The second kappa shape index (κ2) is 9.46. The fourth-order valence-corrected chi connectivity index (χ4v) is 4.68. The summed E-state index contributed by atoms with van der Waals surface area (Å²) in [5.74, 6) is -0.615. The maximum atomic E-state index is 13.0. The van der Waals surface area contributed by atoms with Gasteiger partial charge in [0.2, 0.25) is 17.7 Å². The summed E-state index contributed by atoms with van der Waals surface area (Å²) >= 11 is 0. The van der Waals surface area contributed by atoms with Crippen LogP contribution >= 0.6 is 0 Å². The van der Waals surface area contributed by atoms with Crippen LogP contribution < -0.4 is 10.1 Å². The summed E-state index contributed by atoms with van der Waals surface area (Å²) < 4.78 is 11.2. The Morgan fingerprint density at radius 1 is 1.06 bits per heavy atom. The number of carbonyl (C=O) groups excluding carboxylic acids is 4. The molecular weight excluding hydrogens is 460 g/mol. The van der Waals surface area contributed by atoms with Crippen molar-refractivity contribution < 1.29 is 28.7 Å². The van der Waals surface area contributed by atoms with E-state index in [1.807, 2.05) is 24.3 Å². The molecule has 4 amide bonds. The van der Waals surface area contributed by atoms with E-state index in [1.54, 1.807) is 23.1 Å². The monoisotopic (exact) mass is 483 g/mol. The molecule has 2 saturated heterocycles. The molecule has 36 heavy (non-hydrogen) atoms. The Morgan fingerprint density at radius 2 is 1.81 bits per heavy atom. The molecule has 3 aliphatic heterocycles. The van der Waals surface area contributed by atoms with Crippen LogP contribution in [-0.2, 0) is 38.8 Å². The molecule has 1 atom stereocenters. The number of nitrogens with zero attached hydrogens (tertiary/aromatic N) is 2. The lowest BCUT2D eigenvalue weighted by molar-refractivity contribution is -0.148. The largest absolute Gasteiger partial charge is 0.489 e. The summed E-state index contributed by atoms with van der Waals surface area (Å²) in [5.41, 5.74) is 3.04. The lowest BCUT2D eigenvalue weighted by Crippen LogP contribution is -2.55. The molecule has 4 radical (unpaired) electrons. The number of fused-ring (bicyclic) bond motifs is 1. The highest BCUT2D eigenvalue weighted by molar-refractivity contribution is 6.39. The first-order valence-electron chi connectivity index (χ1n) is 11.7. The first-order chi connectivity index (χ1) is 17.2. The zero-order chi connectivity index (χ0) is 25.4. The fourth-order valence-electron chi connectivity index (χ4n) is 4.68. The highest BCUT2D eigenvalue weighted by Crippen LogP contribution is 2.34. The van der Waals surface area contributed by atoms with Gasteiger partial charge in [0.15, 0.2) is 0 Å².